The van der Waals surface area contributed by atoms with Crippen LogP contribution in [-0.4, -0.2) is 86.2 Å². The van der Waals surface area contributed by atoms with E-state index >= 15 is 0 Å². The zero-order chi connectivity index (χ0) is 14.4. The Morgan fingerprint density at radius 2 is 1.85 bits per heavy atom. The van der Waals surface area contributed by atoms with Gasteiger partial charge in [-0.05, 0) is 53.2 Å². The number of nitrogens with zero attached hydrogens (tertiary/aromatic N) is 3. The summed E-state index contributed by atoms with van der Waals surface area (Å²) >= 11 is 0. The van der Waals surface area contributed by atoms with E-state index < -0.39 is 0 Å². The molecule has 0 aromatic carbocycles. The summed E-state index contributed by atoms with van der Waals surface area (Å²) in [5, 5.41) is 3.43. The minimum atomic E-state index is 0.708. The second-order valence-electron chi connectivity index (χ2n) is 6.79. The van der Waals surface area contributed by atoms with Crippen molar-refractivity contribution in [3.8, 4) is 0 Å². The van der Waals surface area contributed by atoms with Gasteiger partial charge in [-0.2, -0.15) is 0 Å². The summed E-state index contributed by atoms with van der Waals surface area (Å²) in [4.78, 5) is 7.86. The van der Waals surface area contributed by atoms with Crippen molar-refractivity contribution in [3.05, 3.63) is 0 Å². The third-order valence-corrected chi connectivity index (χ3v) is 5.06. The van der Waals surface area contributed by atoms with Crippen LogP contribution in [0.15, 0.2) is 0 Å². The average Bonchev–Trinajstić information content (AvgIpc) is 2.72. The SMILES string of the molecule is CC(C)N1CCCC(N(C)CCN2CCNCC2)CC1. The zero-order valence-electron chi connectivity index (χ0n) is 13.8. The first-order valence-electron chi connectivity index (χ1n) is 8.54. The van der Waals surface area contributed by atoms with Crippen LogP contribution < -0.4 is 5.32 Å². The molecular formula is C16H34N4. The van der Waals surface area contributed by atoms with Gasteiger partial charge in [0.1, 0.15) is 0 Å². The molecule has 20 heavy (non-hydrogen) atoms. The summed E-state index contributed by atoms with van der Waals surface area (Å²) in [5.41, 5.74) is 0. The Kier molecular flexibility index (Phi) is 6.75. The maximum absolute atomic E-state index is 3.43. The predicted octanol–water partition coefficient (Wildman–Crippen LogP) is 1.09. The molecule has 1 unspecified atom stereocenters. The van der Waals surface area contributed by atoms with Gasteiger partial charge in [0.15, 0.2) is 0 Å². The molecule has 0 spiro atoms. The van der Waals surface area contributed by atoms with Crippen molar-refractivity contribution < 1.29 is 0 Å². The highest BCUT2D eigenvalue weighted by Gasteiger charge is 2.22. The minimum absolute atomic E-state index is 0.708. The van der Waals surface area contributed by atoms with Crippen molar-refractivity contribution in [2.75, 3.05) is 59.4 Å². The molecular weight excluding hydrogens is 248 g/mol. The first kappa shape index (κ1) is 16.2. The Morgan fingerprint density at radius 3 is 2.55 bits per heavy atom. The van der Waals surface area contributed by atoms with Crippen LogP contribution in [0, 0.1) is 0 Å². The molecule has 0 aliphatic carbocycles. The quantitative estimate of drug-likeness (QED) is 0.815. The summed E-state index contributed by atoms with van der Waals surface area (Å²) < 4.78 is 0. The highest BCUT2D eigenvalue weighted by molar-refractivity contribution is 4.78. The van der Waals surface area contributed by atoms with E-state index in [-0.39, 0.29) is 0 Å². The van der Waals surface area contributed by atoms with E-state index in [1.807, 2.05) is 0 Å². The lowest BCUT2D eigenvalue weighted by Crippen LogP contribution is -2.47. The van der Waals surface area contributed by atoms with E-state index in [0.29, 0.717) is 6.04 Å². The van der Waals surface area contributed by atoms with Gasteiger partial charge in [0.2, 0.25) is 0 Å². The Bertz CT molecular complexity index is 263. The predicted molar refractivity (Wildman–Crippen MR) is 86.3 cm³/mol. The van der Waals surface area contributed by atoms with E-state index in [2.05, 4.69) is 40.9 Å². The number of piperazine rings is 1. The Labute approximate surface area is 125 Å². The molecule has 0 amide bonds. The van der Waals surface area contributed by atoms with E-state index in [0.717, 1.165) is 19.1 Å². The molecule has 0 bridgehead atoms. The molecule has 4 heteroatoms. The number of nitrogens with one attached hydrogen (secondary N) is 1. The minimum Gasteiger partial charge on any atom is -0.314 e. The number of likely N-dealkylation sites (tertiary alicyclic amines) is 1. The average molecular weight is 282 g/mol. The van der Waals surface area contributed by atoms with Crippen LogP contribution in [0.1, 0.15) is 33.1 Å². The normalized spacial score (nSPS) is 27.1. The van der Waals surface area contributed by atoms with Crippen LogP contribution in [0.4, 0.5) is 0 Å². The monoisotopic (exact) mass is 282 g/mol. The third-order valence-electron chi connectivity index (χ3n) is 5.06. The number of rotatable bonds is 5. The van der Waals surface area contributed by atoms with Crippen molar-refractivity contribution in [2.24, 2.45) is 0 Å². The Hall–Kier alpha value is -0.160. The van der Waals surface area contributed by atoms with Crippen molar-refractivity contribution in [3.63, 3.8) is 0 Å². The van der Waals surface area contributed by atoms with E-state index in [1.165, 1.54) is 58.5 Å². The fraction of sp³-hybridized carbons (Fsp3) is 1.00. The fourth-order valence-electron chi connectivity index (χ4n) is 3.47. The Morgan fingerprint density at radius 1 is 1.10 bits per heavy atom. The maximum atomic E-state index is 3.43. The van der Waals surface area contributed by atoms with Crippen LogP contribution in [0.2, 0.25) is 0 Å². The van der Waals surface area contributed by atoms with Gasteiger partial charge in [-0.3, -0.25) is 4.90 Å². The molecule has 2 aliphatic heterocycles. The Balaban J connectivity index is 1.70. The van der Waals surface area contributed by atoms with Crippen LogP contribution in [0.5, 0.6) is 0 Å². The van der Waals surface area contributed by atoms with Crippen LogP contribution in [0.3, 0.4) is 0 Å². The molecule has 2 rings (SSSR count). The van der Waals surface area contributed by atoms with Gasteiger partial charge in [-0.25, -0.2) is 0 Å². The van der Waals surface area contributed by atoms with E-state index in [1.54, 1.807) is 0 Å². The van der Waals surface area contributed by atoms with Gasteiger partial charge in [-0.1, -0.05) is 0 Å². The van der Waals surface area contributed by atoms with Crippen molar-refractivity contribution >= 4 is 0 Å². The highest BCUT2D eigenvalue weighted by Crippen LogP contribution is 2.17. The molecule has 2 aliphatic rings. The lowest BCUT2D eigenvalue weighted by Gasteiger charge is -2.32. The first-order chi connectivity index (χ1) is 9.66. The highest BCUT2D eigenvalue weighted by atomic mass is 15.2. The molecule has 0 aromatic heterocycles. The molecule has 1 N–H and O–H groups in total. The van der Waals surface area contributed by atoms with E-state index in [9.17, 15) is 0 Å². The molecule has 2 saturated heterocycles. The third kappa shape index (κ3) is 4.99. The standard InChI is InChI=1S/C16H34N4/c1-15(2)20-9-4-5-16(6-10-20)18(3)13-14-19-11-7-17-8-12-19/h15-17H,4-14H2,1-3H3. The van der Waals surface area contributed by atoms with Gasteiger partial charge in [-0.15, -0.1) is 0 Å². The summed E-state index contributed by atoms with van der Waals surface area (Å²) in [6.07, 6.45) is 4.08. The van der Waals surface area contributed by atoms with Crippen molar-refractivity contribution in [1.82, 2.24) is 20.0 Å². The van der Waals surface area contributed by atoms with Gasteiger partial charge in [0.05, 0.1) is 0 Å². The van der Waals surface area contributed by atoms with Crippen molar-refractivity contribution in [1.29, 1.82) is 0 Å². The number of likely N-dealkylation sites (N-methyl/N-ethyl adjacent to an activating group) is 1. The maximum Gasteiger partial charge on any atom is 0.0110 e. The molecule has 0 aromatic rings. The van der Waals surface area contributed by atoms with Gasteiger partial charge < -0.3 is 15.1 Å². The zero-order valence-corrected chi connectivity index (χ0v) is 13.8. The van der Waals surface area contributed by atoms with Gasteiger partial charge >= 0.3 is 0 Å². The van der Waals surface area contributed by atoms with Crippen LogP contribution >= 0.6 is 0 Å². The van der Waals surface area contributed by atoms with Gasteiger partial charge in [0, 0.05) is 51.4 Å². The molecule has 4 nitrogen and oxygen atoms in total. The number of hydrogen-bond acceptors (Lipinski definition) is 4. The van der Waals surface area contributed by atoms with Crippen LogP contribution in [0.25, 0.3) is 0 Å². The fourth-order valence-corrected chi connectivity index (χ4v) is 3.47. The molecule has 0 radical (unpaired) electrons. The summed E-state index contributed by atoms with van der Waals surface area (Å²) in [6, 6.07) is 1.50. The molecule has 0 saturated carbocycles. The molecule has 2 heterocycles. The van der Waals surface area contributed by atoms with Gasteiger partial charge in [0.25, 0.3) is 0 Å². The summed E-state index contributed by atoms with van der Waals surface area (Å²) in [5.74, 6) is 0. The van der Waals surface area contributed by atoms with Crippen molar-refractivity contribution in [2.45, 2.75) is 45.2 Å². The molecule has 1 atom stereocenters. The molecule has 118 valence electrons. The largest absolute Gasteiger partial charge is 0.314 e. The summed E-state index contributed by atoms with van der Waals surface area (Å²) in [7, 11) is 2.33. The second-order valence-corrected chi connectivity index (χ2v) is 6.79. The molecule has 2 fully saturated rings. The lowest BCUT2D eigenvalue weighted by atomic mass is 10.1. The lowest BCUT2D eigenvalue weighted by molar-refractivity contribution is 0.164. The summed E-state index contributed by atoms with van der Waals surface area (Å²) in [6.45, 7) is 14.5. The second kappa shape index (κ2) is 8.32. The number of hydrogen-bond donors (Lipinski definition) is 1. The van der Waals surface area contributed by atoms with Crippen LogP contribution in [-0.2, 0) is 0 Å². The smallest absolute Gasteiger partial charge is 0.0110 e. The van der Waals surface area contributed by atoms with E-state index in [4.69, 9.17) is 0 Å². The topological polar surface area (TPSA) is 21.8 Å². The first-order valence-corrected chi connectivity index (χ1v) is 8.54.